The lowest BCUT2D eigenvalue weighted by molar-refractivity contribution is -0.952. The number of nitrogens with zero attached hydrogens (tertiary/aromatic N) is 1. The number of likely N-dealkylation sites (N-methyl/N-ethyl adjacent to an activating group) is 1. The predicted molar refractivity (Wildman–Crippen MR) is 129 cm³/mol. The second kappa shape index (κ2) is 12.8. The number of hydrogen-bond acceptors (Lipinski definition) is 3. The summed E-state index contributed by atoms with van der Waals surface area (Å²) in [5, 5.41) is 0. The van der Waals surface area contributed by atoms with Crippen LogP contribution in [0.2, 0.25) is 0 Å². The minimum Gasteiger partial charge on any atom is -0.870 e. The van der Waals surface area contributed by atoms with Gasteiger partial charge in [0.25, 0.3) is 0 Å². The van der Waals surface area contributed by atoms with Gasteiger partial charge in [-0.05, 0) is 24.0 Å². The van der Waals surface area contributed by atoms with Crippen LogP contribution in [0.15, 0.2) is 60.7 Å². The van der Waals surface area contributed by atoms with Crippen molar-refractivity contribution in [3.8, 4) is 5.75 Å². The number of ether oxygens (including phenoxy) is 2. The Bertz CT molecular complexity index is 704. The third kappa shape index (κ3) is 7.95. The normalized spacial score (nSPS) is 12.1. The van der Waals surface area contributed by atoms with Crippen molar-refractivity contribution in [1.29, 1.82) is 0 Å². The smallest absolute Gasteiger partial charge is 0.125 e. The van der Waals surface area contributed by atoms with Crippen LogP contribution < -0.4 is 4.74 Å². The molecule has 0 aliphatic carbocycles. The molecule has 0 heterocycles. The van der Waals surface area contributed by atoms with Gasteiger partial charge < -0.3 is 19.4 Å². The van der Waals surface area contributed by atoms with E-state index in [-0.39, 0.29) is 11.0 Å². The Balaban J connectivity index is 0.00000480. The van der Waals surface area contributed by atoms with Gasteiger partial charge in [0.2, 0.25) is 0 Å². The molecule has 0 radical (unpaired) electrons. The maximum Gasteiger partial charge on any atom is 0.125 e. The van der Waals surface area contributed by atoms with Crippen LogP contribution in [0.5, 0.6) is 5.75 Å². The van der Waals surface area contributed by atoms with Gasteiger partial charge in [-0.1, -0.05) is 76.2 Å². The van der Waals surface area contributed by atoms with E-state index in [1.54, 1.807) is 0 Å². The first kappa shape index (κ1) is 27.2. The van der Waals surface area contributed by atoms with Gasteiger partial charge in [-0.3, -0.25) is 0 Å². The summed E-state index contributed by atoms with van der Waals surface area (Å²) in [5.41, 5.74) is 1.53. The minimum absolute atomic E-state index is 0. The summed E-state index contributed by atoms with van der Waals surface area (Å²) >= 11 is 0. The summed E-state index contributed by atoms with van der Waals surface area (Å²) in [7, 11) is 4.75. The fourth-order valence-electron chi connectivity index (χ4n) is 4.61. The second-order valence-corrected chi connectivity index (χ2v) is 9.78. The fraction of sp³-hybridized carbons (Fsp3) is 0.556. The van der Waals surface area contributed by atoms with E-state index in [2.05, 4.69) is 72.1 Å². The zero-order valence-electron chi connectivity index (χ0n) is 20.4. The molecule has 2 aromatic carbocycles. The minimum atomic E-state index is 0. The zero-order valence-corrected chi connectivity index (χ0v) is 20.4. The van der Waals surface area contributed by atoms with Gasteiger partial charge in [0.05, 0.1) is 27.3 Å². The van der Waals surface area contributed by atoms with Crippen LogP contribution in [0.1, 0.15) is 46.1 Å². The lowest BCUT2D eigenvalue weighted by Gasteiger charge is -2.51. The highest BCUT2D eigenvalue weighted by atomic mass is 16.5. The molecule has 0 saturated heterocycles. The summed E-state index contributed by atoms with van der Waals surface area (Å²) in [5.74, 6) is 2.15. The van der Waals surface area contributed by atoms with Gasteiger partial charge in [0, 0.05) is 18.4 Å². The molecule has 0 aromatic heterocycles. The van der Waals surface area contributed by atoms with Crippen molar-refractivity contribution < 1.29 is 19.4 Å². The Labute approximate surface area is 190 Å². The Morgan fingerprint density at radius 1 is 0.742 bits per heavy atom. The molecule has 0 aliphatic heterocycles. The molecule has 31 heavy (non-hydrogen) atoms. The number of quaternary nitrogens is 1. The number of hydrogen-bond donors (Lipinski definition) is 0. The predicted octanol–water partition coefficient (Wildman–Crippen LogP) is 5.97. The molecule has 0 spiro atoms. The second-order valence-electron chi connectivity index (χ2n) is 9.78. The van der Waals surface area contributed by atoms with Gasteiger partial charge in [-0.2, -0.15) is 0 Å². The van der Waals surface area contributed by atoms with Crippen LogP contribution >= 0.6 is 0 Å². The Hall–Kier alpha value is -1.88. The highest BCUT2D eigenvalue weighted by Crippen LogP contribution is 2.43. The maximum atomic E-state index is 5.99. The van der Waals surface area contributed by atoms with Crippen LogP contribution in [-0.2, 0) is 10.3 Å². The standard InChI is InChI=1S/C27H42NO2.H2O/c1-23(2)21-27(22-24(3)4,25-13-9-7-10-14-25)28(5,6)17-18-29-19-20-30-26-15-11-8-12-16-26;/h7-16,23-24H,17-22H2,1-6H3;1H2/q+1;/p-1. The zero-order chi connectivity index (χ0) is 22.0. The molecule has 4 nitrogen and oxygen atoms in total. The lowest BCUT2D eigenvalue weighted by atomic mass is 9.74. The van der Waals surface area contributed by atoms with Gasteiger partial charge >= 0.3 is 0 Å². The van der Waals surface area contributed by atoms with E-state index in [4.69, 9.17) is 9.47 Å². The van der Waals surface area contributed by atoms with Crippen LogP contribution in [0.3, 0.4) is 0 Å². The van der Waals surface area contributed by atoms with Gasteiger partial charge in [-0.15, -0.1) is 0 Å². The quantitative estimate of drug-likeness (QED) is 0.291. The molecule has 0 saturated carbocycles. The van der Waals surface area contributed by atoms with Crippen molar-refractivity contribution in [3.05, 3.63) is 66.2 Å². The van der Waals surface area contributed by atoms with E-state index in [9.17, 15) is 0 Å². The lowest BCUT2D eigenvalue weighted by Crippen LogP contribution is -2.59. The Morgan fingerprint density at radius 3 is 1.77 bits per heavy atom. The van der Waals surface area contributed by atoms with Gasteiger partial charge in [0.1, 0.15) is 24.4 Å². The molecule has 0 aliphatic rings. The molecule has 2 rings (SSSR count). The number of para-hydroxylation sites is 1. The molecule has 0 amide bonds. The first-order chi connectivity index (χ1) is 14.3. The molecule has 0 fully saturated rings. The van der Waals surface area contributed by atoms with E-state index in [1.165, 1.54) is 18.4 Å². The average Bonchev–Trinajstić information content (AvgIpc) is 2.70. The molecule has 1 N–H and O–H groups in total. The first-order valence-corrected chi connectivity index (χ1v) is 11.4. The molecule has 0 unspecified atom stereocenters. The van der Waals surface area contributed by atoms with E-state index >= 15 is 0 Å². The fourth-order valence-corrected chi connectivity index (χ4v) is 4.61. The van der Waals surface area contributed by atoms with Crippen molar-refractivity contribution in [2.45, 2.75) is 46.1 Å². The van der Waals surface area contributed by atoms with Gasteiger partial charge in [0.15, 0.2) is 0 Å². The number of rotatable bonds is 13. The highest BCUT2D eigenvalue weighted by Gasteiger charge is 2.47. The Kier molecular flexibility index (Phi) is 11.3. The van der Waals surface area contributed by atoms with Crippen LogP contribution in [0.4, 0.5) is 0 Å². The monoisotopic (exact) mass is 429 g/mol. The van der Waals surface area contributed by atoms with Gasteiger partial charge in [-0.25, -0.2) is 0 Å². The van der Waals surface area contributed by atoms with Crippen LogP contribution in [0.25, 0.3) is 0 Å². The Morgan fingerprint density at radius 2 is 1.26 bits per heavy atom. The van der Waals surface area contributed by atoms with Crippen molar-refractivity contribution in [3.63, 3.8) is 0 Å². The highest BCUT2D eigenvalue weighted by molar-refractivity contribution is 5.23. The maximum absolute atomic E-state index is 5.99. The summed E-state index contributed by atoms with van der Waals surface area (Å²) in [6.45, 7) is 12.3. The largest absolute Gasteiger partial charge is 0.870 e. The molecule has 0 atom stereocenters. The molecule has 4 heteroatoms. The molecule has 0 bridgehead atoms. The third-order valence-corrected chi connectivity index (χ3v) is 6.00. The molecular weight excluding hydrogens is 386 g/mol. The van der Waals surface area contributed by atoms with Crippen LogP contribution in [0, 0.1) is 11.8 Å². The summed E-state index contributed by atoms with van der Waals surface area (Å²) in [6, 6.07) is 21.1. The van der Waals surface area contributed by atoms with E-state index in [0.29, 0.717) is 25.0 Å². The van der Waals surface area contributed by atoms with Crippen LogP contribution in [-0.4, -0.2) is 50.4 Å². The molecule has 2 aromatic rings. The van der Waals surface area contributed by atoms with E-state index in [1.807, 2.05) is 30.3 Å². The van der Waals surface area contributed by atoms with Crippen molar-refractivity contribution in [2.75, 3.05) is 40.5 Å². The molecule has 174 valence electrons. The SMILES string of the molecule is CC(C)CC(CC(C)C)(c1ccccc1)[N+](C)(C)CCOCCOc1ccccc1.[OH-]. The van der Waals surface area contributed by atoms with Crippen molar-refractivity contribution >= 4 is 0 Å². The number of benzene rings is 2. The summed E-state index contributed by atoms with van der Waals surface area (Å²) < 4.78 is 12.7. The van der Waals surface area contributed by atoms with Crippen molar-refractivity contribution in [1.82, 2.24) is 0 Å². The third-order valence-electron chi connectivity index (χ3n) is 6.00. The average molecular weight is 430 g/mol. The first-order valence-electron chi connectivity index (χ1n) is 11.4. The summed E-state index contributed by atoms with van der Waals surface area (Å²) in [4.78, 5) is 0. The topological polar surface area (TPSA) is 48.5 Å². The van der Waals surface area contributed by atoms with E-state index in [0.717, 1.165) is 23.4 Å². The summed E-state index contributed by atoms with van der Waals surface area (Å²) in [6.07, 6.45) is 2.33. The van der Waals surface area contributed by atoms with Crippen molar-refractivity contribution in [2.24, 2.45) is 11.8 Å². The molecular formula is C27H43NO3. The van der Waals surface area contributed by atoms with E-state index < -0.39 is 0 Å².